The monoisotopic (exact) mass is 181 g/mol. The lowest BCUT2D eigenvalue weighted by Gasteiger charge is -2.31. The van der Waals surface area contributed by atoms with Crippen LogP contribution < -0.4 is 10.6 Å². The van der Waals surface area contributed by atoms with Gasteiger partial charge in [0.15, 0.2) is 0 Å². The molecule has 1 aliphatic heterocycles. The molecule has 3 heteroatoms. The van der Waals surface area contributed by atoms with E-state index < -0.39 is 0 Å². The first-order valence-corrected chi connectivity index (χ1v) is 5.28. The molecule has 0 spiro atoms. The highest BCUT2D eigenvalue weighted by atomic mass is 16.1. The number of ketones is 1. The Hall–Kier alpha value is -0.410. The molecule has 0 aromatic carbocycles. The molecule has 1 aliphatic carbocycles. The smallest absolute Gasteiger partial charge is 0.137 e. The van der Waals surface area contributed by atoms with Crippen molar-refractivity contribution in [2.24, 2.45) is 5.92 Å². The number of carbonyl (C=O) groups excluding carboxylic acids is 1. The van der Waals surface area contributed by atoms with E-state index in [1.165, 1.54) is 6.42 Å². The van der Waals surface area contributed by atoms with Crippen LogP contribution in [0.5, 0.6) is 0 Å². The van der Waals surface area contributed by atoms with Crippen molar-refractivity contribution < 1.29 is 4.79 Å². The molecule has 1 N–H and O–H groups in total. The Balaban J connectivity index is 1.92. The summed E-state index contributed by atoms with van der Waals surface area (Å²) in [5, 5.41) is 7.83. The number of Topliss-reactive ketones (excluding diaryl/α,β-unsaturated/α-hetero) is 1. The summed E-state index contributed by atoms with van der Waals surface area (Å²) in [6.07, 6.45) is 4.16. The van der Waals surface area contributed by atoms with Crippen molar-refractivity contribution in [1.29, 1.82) is 0 Å². The van der Waals surface area contributed by atoms with Crippen molar-refractivity contribution in [2.75, 3.05) is 19.6 Å². The summed E-state index contributed by atoms with van der Waals surface area (Å²) in [5.74, 6) is 0.685. The number of carbonyl (C=O) groups is 1. The first-order chi connectivity index (χ1) is 6.38. The minimum Gasteiger partial charge on any atom is -0.314 e. The van der Waals surface area contributed by atoms with Crippen LogP contribution in [0.3, 0.4) is 0 Å². The zero-order valence-electron chi connectivity index (χ0n) is 7.96. The van der Waals surface area contributed by atoms with Gasteiger partial charge in [-0.15, -0.1) is 0 Å². The second kappa shape index (κ2) is 4.20. The fourth-order valence-corrected chi connectivity index (χ4v) is 2.31. The van der Waals surface area contributed by atoms with Crippen LogP contribution in [0.1, 0.15) is 25.7 Å². The van der Waals surface area contributed by atoms with Crippen LogP contribution in [0.15, 0.2) is 0 Å². The van der Waals surface area contributed by atoms with Crippen LogP contribution in [0.25, 0.3) is 0 Å². The normalized spacial score (nSPS) is 36.2. The van der Waals surface area contributed by atoms with E-state index in [-0.39, 0.29) is 12.0 Å². The Labute approximate surface area is 79.3 Å². The minimum absolute atomic E-state index is 0.238. The van der Waals surface area contributed by atoms with Gasteiger partial charge in [0, 0.05) is 38.0 Å². The Morgan fingerprint density at radius 3 is 3.00 bits per heavy atom. The van der Waals surface area contributed by atoms with Crippen molar-refractivity contribution in [3.63, 3.8) is 0 Å². The molecule has 1 radical (unpaired) electrons. The summed E-state index contributed by atoms with van der Waals surface area (Å²) in [6, 6.07) is 0.279. The van der Waals surface area contributed by atoms with Gasteiger partial charge in [0.2, 0.25) is 0 Å². The van der Waals surface area contributed by atoms with Gasteiger partial charge >= 0.3 is 0 Å². The molecule has 0 amide bonds. The van der Waals surface area contributed by atoms with E-state index >= 15 is 0 Å². The second-order valence-electron chi connectivity index (χ2n) is 4.00. The third-order valence-corrected chi connectivity index (χ3v) is 3.07. The molecule has 1 saturated heterocycles. The first-order valence-electron chi connectivity index (χ1n) is 5.28. The van der Waals surface area contributed by atoms with E-state index in [9.17, 15) is 4.79 Å². The van der Waals surface area contributed by atoms with E-state index in [1.807, 2.05) is 0 Å². The maximum absolute atomic E-state index is 11.6. The largest absolute Gasteiger partial charge is 0.314 e. The molecule has 2 aliphatic rings. The first kappa shape index (κ1) is 9.16. The highest BCUT2D eigenvalue weighted by molar-refractivity contribution is 5.82. The molecule has 13 heavy (non-hydrogen) atoms. The van der Waals surface area contributed by atoms with Crippen LogP contribution in [0.2, 0.25) is 0 Å². The van der Waals surface area contributed by atoms with Crippen LogP contribution >= 0.6 is 0 Å². The van der Waals surface area contributed by atoms with E-state index in [4.69, 9.17) is 0 Å². The molecule has 1 heterocycles. The fraction of sp³-hybridized carbons (Fsp3) is 0.900. The maximum atomic E-state index is 11.6. The topological polar surface area (TPSA) is 43.2 Å². The molecule has 73 valence electrons. The second-order valence-corrected chi connectivity index (χ2v) is 4.00. The van der Waals surface area contributed by atoms with E-state index in [1.54, 1.807) is 0 Å². The number of hydrogen-bond acceptors (Lipinski definition) is 2. The van der Waals surface area contributed by atoms with E-state index in [0.717, 1.165) is 38.9 Å². The standard InChI is InChI=1S/C10H17N2O/c13-10-4-2-1-3-8(10)9-7-11-5-6-12-9/h8-9,11H,1-7H2/t8?,9-/m1/s1. The Morgan fingerprint density at radius 2 is 2.31 bits per heavy atom. The number of nitrogens with one attached hydrogen (secondary N) is 1. The predicted octanol–water partition coefficient (Wildman–Crippen LogP) is 0.322. The summed E-state index contributed by atoms with van der Waals surface area (Å²) in [6.45, 7) is 2.78. The lowest BCUT2D eigenvalue weighted by Crippen LogP contribution is -2.50. The quantitative estimate of drug-likeness (QED) is 0.633. The molecule has 3 nitrogen and oxygen atoms in total. The van der Waals surface area contributed by atoms with Crippen LogP contribution in [-0.2, 0) is 4.79 Å². The molecule has 2 rings (SSSR count). The zero-order valence-corrected chi connectivity index (χ0v) is 7.96. The van der Waals surface area contributed by atoms with Crippen molar-refractivity contribution in [2.45, 2.75) is 31.7 Å². The van der Waals surface area contributed by atoms with Crippen molar-refractivity contribution in [1.82, 2.24) is 10.6 Å². The molecule has 0 bridgehead atoms. The summed E-state index contributed by atoms with van der Waals surface area (Å²) >= 11 is 0. The molecule has 1 unspecified atom stereocenters. The fourth-order valence-electron chi connectivity index (χ4n) is 2.31. The Bertz CT molecular complexity index is 187. The van der Waals surface area contributed by atoms with Gasteiger partial charge < -0.3 is 5.32 Å². The van der Waals surface area contributed by atoms with Crippen LogP contribution in [0.4, 0.5) is 0 Å². The van der Waals surface area contributed by atoms with Crippen molar-refractivity contribution in [3.8, 4) is 0 Å². The molecular formula is C10H17N2O. The van der Waals surface area contributed by atoms with Gasteiger partial charge in [-0.25, -0.2) is 5.32 Å². The Kier molecular flexibility index (Phi) is 2.96. The van der Waals surface area contributed by atoms with Gasteiger partial charge in [0.25, 0.3) is 0 Å². The summed E-state index contributed by atoms with van der Waals surface area (Å²) < 4.78 is 0. The van der Waals surface area contributed by atoms with Crippen molar-refractivity contribution in [3.05, 3.63) is 0 Å². The minimum atomic E-state index is 0.238. The average Bonchev–Trinajstić information content (AvgIpc) is 2.20. The van der Waals surface area contributed by atoms with E-state index in [0.29, 0.717) is 5.78 Å². The number of rotatable bonds is 1. The molecule has 1 saturated carbocycles. The summed E-state index contributed by atoms with van der Waals surface area (Å²) in [7, 11) is 0. The summed E-state index contributed by atoms with van der Waals surface area (Å²) in [5.41, 5.74) is 0. The van der Waals surface area contributed by atoms with Gasteiger partial charge in [0.05, 0.1) is 0 Å². The van der Waals surface area contributed by atoms with Gasteiger partial charge in [-0.05, 0) is 12.8 Å². The zero-order chi connectivity index (χ0) is 9.10. The van der Waals surface area contributed by atoms with Crippen LogP contribution in [-0.4, -0.2) is 31.5 Å². The lowest BCUT2D eigenvalue weighted by atomic mass is 9.82. The summed E-state index contributed by atoms with van der Waals surface area (Å²) in [4.78, 5) is 11.6. The van der Waals surface area contributed by atoms with Gasteiger partial charge in [-0.2, -0.15) is 0 Å². The SMILES string of the molecule is O=C1CCCCC1[C@H]1CNCC[N]1. The van der Waals surface area contributed by atoms with Gasteiger partial charge in [0.1, 0.15) is 5.78 Å². The van der Waals surface area contributed by atoms with Gasteiger partial charge in [-0.1, -0.05) is 6.42 Å². The molecular weight excluding hydrogens is 164 g/mol. The molecule has 2 atom stereocenters. The molecule has 2 fully saturated rings. The third kappa shape index (κ3) is 2.09. The van der Waals surface area contributed by atoms with Gasteiger partial charge in [-0.3, -0.25) is 4.79 Å². The number of piperazine rings is 1. The highest BCUT2D eigenvalue weighted by Crippen LogP contribution is 2.24. The predicted molar refractivity (Wildman–Crippen MR) is 50.6 cm³/mol. The van der Waals surface area contributed by atoms with E-state index in [2.05, 4.69) is 10.6 Å². The average molecular weight is 181 g/mol. The van der Waals surface area contributed by atoms with Crippen LogP contribution in [0, 0.1) is 5.92 Å². The highest BCUT2D eigenvalue weighted by Gasteiger charge is 2.31. The maximum Gasteiger partial charge on any atom is 0.137 e. The number of nitrogens with zero attached hydrogens (tertiary/aromatic N) is 1. The molecule has 0 aromatic heterocycles. The third-order valence-electron chi connectivity index (χ3n) is 3.07. The lowest BCUT2D eigenvalue weighted by molar-refractivity contribution is -0.125. The molecule has 0 aromatic rings. The Morgan fingerprint density at radius 1 is 1.38 bits per heavy atom. The van der Waals surface area contributed by atoms with Crippen molar-refractivity contribution >= 4 is 5.78 Å². The number of hydrogen-bond donors (Lipinski definition) is 1.